The molecule has 3 aromatic rings. The lowest BCUT2D eigenvalue weighted by Crippen LogP contribution is -2.38. The Labute approximate surface area is 209 Å². The fourth-order valence-electron chi connectivity index (χ4n) is 4.19. The van der Waals surface area contributed by atoms with Gasteiger partial charge in [0.25, 0.3) is 10.0 Å². The van der Waals surface area contributed by atoms with Crippen molar-refractivity contribution >= 4 is 43.9 Å². The topological polar surface area (TPSA) is 92.8 Å². The lowest BCUT2D eigenvalue weighted by atomic mass is 10.1. The second kappa shape index (κ2) is 10.2. The first kappa shape index (κ1) is 24.9. The molecule has 0 unspecified atom stereocenters. The third-order valence-electron chi connectivity index (χ3n) is 5.93. The zero-order valence-corrected chi connectivity index (χ0v) is 21.6. The molecule has 9 heteroatoms. The molecule has 0 radical (unpaired) electrons. The van der Waals surface area contributed by atoms with E-state index in [0.29, 0.717) is 16.3 Å². The van der Waals surface area contributed by atoms with Crippen LogP contribution in [0.5, 0.6) is 0 Å². The van der Waals surface area contributed by atoms with E-state index in [1.54, 1.807) is 44.2 Å². The van der Waals surface area contributed by atoms with E-state index in [1.807, 2.05) is 13.0 Å². The monoisotopic (exact) mass is 512 g/mol. The molecule has 35 heavy (non-hydrogen) atoms. The number of sulfonamides is 1. The van der Waals surface area contributed by atoms with Gasteiger partial charge in [0.15, 0.2) is 0 Å². The summed E-state index contributed by atoms with van der Waals surface area (Å²) >= 11 is 1.36. The number of ether oxygens (including phenoxy) is 1. The molecule has 0 atom stereocenters. The molecule has 0 aliphatic heterocycles. The number of rotatable bonds is 8. The molecule has 0 spiro atoms. The van der Waals surface area contributed by atoms with Crippen molar-refractivity contribution in [3.05, 3.63) is 75.7 Å². The molecule has 1 aromatic heterocycles. The van der Waals surface area contributed by atoms with Gasteiger partial charge in [-0.15, -0.1) is 11.3 Å². The average Bonchev–Trinajstić information content (AvgIpc) is 3.39. The summed E-state index contributed by atoms with van der Waals surface area (Å²) in [6.45, 7) is 5.20. The van der Waals surface area contributed by atoms with Crippen molar-refractivity contribution in [3.63, 3.8) is 0 Å². The van der Waals surface area contributed by atoms with Crippen molar-refractivity contribution in [2.75, 3.05) is 22.8 Å². The summed E-state index contributed by atoms with van der Waals surface area (Å²) in [5.41, 5.74) is 3.38. The summed E-state index contributed by atoms with van der Waals surface area (Å²) < 4.78 is 33.6. The number of carbonyl (C=O) groups excluding carboxylic acids is 2. The number of amides is 1. The van der Waals surface area contributed by atoms with Crippen LogP contribution in [0.1, 0.15) is 45.3 Å². The molecule has 1 heterocycles. The number of para-hydroxylation sites is 1. The highest BCUT2D eigenvalue weighted by atomic mass is 32.2. The van der Waals surface area contributed by atoms with Crippen LogP contribution in [0.25, 0.3) is 0 Å². The van der Waals surface area contributed by atoms with Gasteiger partial charge in [0.2, 0.25) is 5.91 Å². The Kier molecular flexibility index (Phi) is 7.28. The van der Waals surface area contributed by atoms with E-state index in [9.17, 15) is 18.0 Å². The molecule has 0 saturated carbocycles. The van der Waals surface area contributed by atoms with Crippen LogP contribution in [-0.4, -0.2) is 33.4 Å². The first-order chi connectivity index (χ1) is 16.7. The van der Waals surface area contributed by atoms with Crippen molar-refractivity contribution in [1.82, 2.24) is 0 Å². The van der Waals surface area contributed by atoms with Crippen LogP contribution in [0.15, 0.2) is 53.4 Å². The van der Waals surface area contributed by atoms with Crippen molar-refractivity contribution in [2.45, 2.75) is 44.9 Å². The Morgan fingerprint density at radius 1 is 1.06 bits per heavy atom. The van der Waals surface area contributed by atoms with E-state index in [4.69, 9.17) is 4.74 Å². The Hall–Kier alpha value is -3.17. The molecule has 2 aromatic carbocycles. The minimum absolute atomic E-state index is 0.0986. The highest BCUT2D eigenvalue weighted by Crippen LogP contribution is 2.39. The Morgan fingerprint density at radius 3 is 2.46 bits per heavy atom. The predicted octanol–water partition coefficient (Wildman–Crippen LogP) is 4.86. The largest absolute Gasteiger partial charge is 0.462 e. The highest BCUT2D eigenvalue weighted by molar-refractivity contribution is 7.92. The Bertz CT molecular complexity index is 1360. The van der Waals surface area contributed by atoms with Gasteiger partial charge in [0.05, 0.1) is 22.8 Å². The highest BCUT2D eigenvalue weighted by Gasteiger charge is 2.31. The van der Waals surface area contributed by atoms with E-state index in [0.717, 1.165) is 45.1 Å². The van der Waals surface area contributed by atoms with Crippen molar-refractivity contribution < 1.29 is 22.7 Å². The minimum atomic E-state index is -4.03. The second-order valence-corrected chi connectivity index (χ2v) is 11.4. The van der Waals surface area contributed by atoms with Gasteiger partial charge in [-0.3, -0.25) is 9.10 Å². The lowest BCUT2D eigenvalue weighted by molar-refractivity contribution is -0.114. The number of thiophene rings is 1. The maximum absolute atomic E-state index is 13.6. The number of hydrogen-bond acceptors (Lipinski definition) is 6. The number of benzene rings is 2. The number of nitrogens with one attached hydrogen (secondary N) is 1. The summed E-state index contributed by atoms with van der Waals surface area (Å²) in [7, 11) is -4.03. The van der Waals surface area contributed by atoms with E-state index >= 15 is 0 Å². The van der Waals surface area contributed by atoms with E-state index in [2.05, 4.69) is 5.32 Å². The number of aryl methyl sites for hydroxylation is 3. The summed E-state index contributed by atoms with van der Waals surface area (Å²) in [6.07, 6.45) is 2.56. The maximum atomic E-state index is 13.6. The van der Waals surface area contributed by atoms with Gasteiger partial charge in [-0.1, -0.05) is 35.9 Å². The van der Waals surface area contributed by atoms with Gasteiger partial charge < -0.3 is 10.1 Å². The van der Waals surface area contributed by atoms with Crippen LogP contribution in [0.2, 0.25) is 0 Å². The van der Waals surface area contributed by atoms with Gasteiger partial charge in [-0.05, 0) is 69.4 Å². The predicted molar refractivity (Wildman–Crippen MR) is 138 cm³/mol. The van der Waals surface area contributed by atoms with Gasteiger partial charge in [-0.2, -0.15) is 0 Å². The number of hydrogen-bond donors (Lipinski definition) is 1. The van der Waals surface area contributed by atoms with Crippen LogP contribution in [0.3, 0.4) is 0 Å². The first-order valence-electron chi connectivity index (χ1n) is 11.5. The number of carbonyl (C=O) groups is 2. The molecule has 1 aliphatic rings. The van der Waals surface area contributed by atoms with Gasteiger partial charge >= 0.3 is 5.97 Å². The molecule has 7 nitrogen and oxygen atoms in total. The van der Waals surface area contributed by atoms with Crippen LogP contribution in [-0.2, 0) is 32.4 Å². The molecule has 1 aliphatic carbocycles. The lowest BCUT2D eigenvalue weighted by Gasteiger charge is -2.25. The molecule has 0 saturated heterocycles. The van der Waals surface area contributed by atoms with Gasteiger partial charge in [-0.25, -0.2) is 13.2 Å². The zero-order valence-electron chi connectivity index (χ0n) is 20.0. The first-order valence-corrected chi connectivity index (χ1v) is 13.7. The molecule has 184 valence electrons. The standard InChI is InChI=1S/C26H28N2O5S2/c1-4-33-26(30)24-20-9-7-11-22(20)34-25(24)27-23(29)16-28(21-10-6-5-8-18(21)3)35(31,32)19-14-12-17(2)13-15-19/h5-6,8,10,12-15H,4,7,9,11,16H2,1-3H3,(H,27,29). The van der Waals surface area contributed by atoms with E-state index in [1.165, 1.54) is 23.5 Å². The van der Waals surface area contributed by atoms with Crippen molar-refractivity contribution in [3.8, 4) is 0 Å². The molecular weight excluding hydrogens is 484 g/mol. The third kappa shape index (κ3) is 5.11. The minimum Gasteiger partial charge on any atom is -0.462 e. The smallest absolute Gasteiger partial charge is 0.341 e. The summed E-state index contributed by atoms with van der Waals surface area (Å²) in [6, 6.07) is 13.6. The van der Waals surface area contributed by atoms with Crippen LogP contribution >= 0.6 is 11.3 Å². The van der Waals surface area contributed by atoms with Crippen LogP contribution < -0.4 is 9.62 Å². The number of fused-ring (bicyclic) bond motifs is 1. The second-order valence-electron chi connectivity index (χ2n) is 8.44. The van der Waals surface area contributed by atoms with Gasteiger partial charge in [0, 0.05) is 4.88 Å². The summed E-state index contributed by atoms with van der Waals surface area (Å²) in [5.74, 6) is -1.00. The molecular formula is C26H28N2O5S2. The fraction of sp³-hybridized carbons (Fsp3) is 0.308. The van der Waals surface area contributed by atoms with Gasteiger partial charge in [0.1, 0.15) is 11.5 Å². The fourth-order valence-corrected chi connectivity index (χ4v) is 6.97. The average molecular weight is 513 g/mol. The normalized spacial score (nSPS) is 12.8. The zero-order chi connectivity index (χ0) is 25.2. The van der Waals surface area contributed by atoms with Crippen molar-refractivity contribution in [1.29, 1.82) is 0 Å². The molecule has 0 bridgehead atoms. The molecule has 0 fully saturated rings. The Morgan fingerprint density at radius 2 is 1.77 bits per heavy atom. The molecule has 4 rings (SSSR count). The summed E-state index contributed by atoms with van der Waals surface area (Å²) in [4.78, 5) is 27.1. The maximum Gasteiger partial charge on any atom is 0.341 e. The number of nitrogens with zero attached hydrogens (tertiary/aromatic N) is 1. The van der Waals surface area contributed by atoms with Crippen molar-refractivity contribution in [2.24, 2.45) is 0 Å². The summed E-state index contributed by atoms with van der Waals surface area (Å²) in [5, 5.41) is 3.22. The number of esters is 1. The quantitative estimate of drug-likeness (QED) is 0.435. The third-order valence-corrected chi connectivity index (χ3v) is 8.92. The van der Waals surface area contributed by atoms with Crippen LogP contribution in [0.4, 0.5) is 10.7 Å². The number of anilines is 2. The SMILES string of the molecule is CCOC(=O)c1c(NC(=O)CN(c2ccccc2C)S(=O)(=O)c2ccc(C)cc2)sc2c1CCC2. The van der Waals surface area contributed by atoms with Crippen LogP contribution in [0, 0.1) is 13.8 Å². The Balaban J connectivity index is 1.67. The molecule has 1 N–H and O–H groups in total. The molecule has 1 amide bonds. The van der Waals surface area contributed by atoms with E-state index < -0.39 is 28.4 Å². The van der Waals surface area contributed by atoms with E-state index in [-0.39, 0.29) is 11.5 Å².